The molecule has 0 bridgehead atoms. The van der Waals surface area contributed by atoms with Crippen LogP contribution in [0.25, 0.3) is 5.78 Å². The van der Waals surface area contributed by atoms with E-state index in [-0.39, 0.29) is 5.56 Å². The molecule has 0 aliphatic heterocycles. The van der Waals surface area contributed by atoms with Crippen LogP contribution in [0.2, 0.25) is 5.02 Å². The van der Waals surface area contributed by atoms with Gasteiger partial charge in [-0.2, -0.15) is 9.61 Å². The predicted octanol–water partition coefficient (Wildman–Crippen LogP) is 3.66. The zero-order chi connectivity index (χ0) is 18.8. The van der Waals surface area contributed by atoms with Crippen molar-refractivity contribution in [2.75, 3.05) is 0 Å². The molecule has 0 amide bonds. The van der Waals surface area contributed by atoms with Gasteiger partial charge in [0.15, 0.2) is 0 Å². The van der Waals surface area contributed by atoms with Gasteiger partial charge in [-0.1, -0.05) is 71.4 Å². The van der Waals surface area contributed by atoms with E-state index in [4.69, 9.17) is 11.6 Å². The molecular formula is C19H16ClN5OS. The van der Waals surface area contributed by atoms with Gasteiger partial charge in [-0.3, -0.25) is 9.78 Å². The van der Waals surface area contributed by atoms with Crippen molar-refractivity contribution in [1.29, 1.82) is 0 Å². The summed E-state index contributed by atoms with van der Waals surface area (Å²) in [7, 11) is 0. The molecule has 0 saturated carbocycles. The van der Waals surface area contributed by atoms with Crippen LogP contribution < -0.4 is 5.56 Å². The van der Waals surface area contributed by atoms with E-state index in [1.807, 2.05) is 55.5 Å². The average Bonchev–Trinajstić information content (AvgIpc) is 3.05. The fourth-order valence-electron chi connectivity index (χ4n) is 2.64. The molecule has 0 aliphatic rings. The normalized spacial score (nSPS) is 11.2. The zero-order valence-corrected chi connectivity index (χ0v) is 16.1. The van der Waals surface area contributed by atoms with Crippen LogP contribution in [0, 0.1) is 6.92 Å². The predicted molar refractivity (Wildman–Crippen MR) is 106 cm³/mol. The number of nitrogens with zero attached hydrogens (tertiary/aromatic N) is 4. The minimum atomic E-state index is -0.252. The van der Waals surface area contributed by atoms with Gasteiger partial charge in [-0.15, -0.1) is 10.2 Å². The number of nitrogens with one attached hydrogen (secondary N) is 1. The quantitative estimate of drug-likeness (QED) is 0.520. The number of hydrogen-bond acceptors (Lipinski definition) is 5. The van der Waals surface area contributed by atoms with Gasteiger partial charge >= 0.3 is 0 Å². The lowest BCUT2D eigenvalue weighted by Crippen LogP contribution is -2.19. The first kappa shape index (κ1) is 17.8. The van der Waals surface area contributed by atoms with E-state index in [2.05, 4.69) is 20.3 Å². The summed E-state index contributed by atoms with van der Waals surface area (Å²) in [5.41, 5.74) is 3.37. The Hall–Kier alpha value is -2.64. The van der Waals surface area contributed by atoms with Crippen LogP contribution in [0.3, 0.4) is 0 Å². The highest BCUT2D eigenvalue weighted by atomic mass is 35.5. The van der Waals surface area contributed by atoms with Gasteiger partial charge in [0.1, 0.15) is 5.69 Å². The van der Waals surface area contributed by atoms with Crippen LogP contribution in [-0.4, -0.2) is 24.8 Å². The van der Waals surface area contributed by atoms with Crippen molar-refractivity contribution in [3.8, 4) is 0 Å². The lowest BCUT2D eigenvalue weighted by atomic mass is 10.1. The molecule has 4 aromatic rings. The van der Waals surface area contributed by atoms with Crippen molar-refractivity contribution in [2.45, 2.75) is 24.3 Å². The van der Waals surface area contributed by atoms with Gasteiger partial charge in [0.05, 0.1) is 0 Å². The Bertz CT molecular complexity index is 1150. The number of aryl methyl sites for hydroxylation is 1. The summed E-state index contributed by atoms with van der Waals surface area (Å²) in [6.45, 7) is 2.03. The monoisotopic (exact) mass is 397 g/mol. The van der Waals surface area contributed by atoms with E-state index in [0.717, 1.165) is 11.1 Å². The van der Waals surface area contributed by atoms with Gasteiger partial charge in [0, 0.05) is 17.2 Å². The van der Waals surface area contributed by atoms with Crippen molar-refractivity contribution in [1.82, 2.24) is 24.8 Å². The maximum atomic E-state index is 12.3. The van der Waals surface area contributed by atoms with E-state index >= 15 is 0 Å². The number of aromatic nitrogens is 5. The standard InChI is InChI=1S/C19H16ClN5OS/c1-12-6-8-13(9-7-12)10-16-17(26)21-18-22-23-19(25(18)24-16)27-11-14-4-2-3-5-15(14)20/h2-9H,10-11H2,1H3,(H,21,22,26). The van der Waals surface area contributed by atoms with E-state index in [1.165, 1.54) is 17.3 Å². The largest absolute Gasteiger partial charge is 0.288 e. The zero-order valence-electron chi connectivity index (χ0n) is 14.5. The summed E-state index contributed by atoms with van der Waals surface area (Å²) in [5, 5.41) is 13.9. The Morgan fingerprint density at radius 3 is 2.67 bits per heavy atom. The number of H-pyrrole nitrogens is 1. The van der Waals surface area contributed by atoms with E-state index in [1.54, 1.807) is 4.52 Å². The second kappa shape index (κ2) is 7.54. The fraction of sp³-hybridized carbons (Fsp3) is 0.158. The number of benzene rings is 2. The Labute approximate surface area is 164 Å². The first-order valence-electron chi connectivity index (χ1n) is 8.36. The van der Waals surface area contributed by atoms with Gasteiger partial charge in [0.25, 0.3) is 11.3 Å². The second-order valence-corrected chi connectivity index (χ2v) is 7.51. The van der Waals surface area contributed by atoms with Crippen LogP contribution in [0.4, 0.5) is 0 Å². The van der Waals surface area contributed by atoms with E-state index in [0.29, 0.717) is 33.8 Å². The third-order valence-corrected chi connectivity index (χ3v) is 5.46. The van der Waals surface area contributed by atoms with Crippen LogP contribution in [0.15, 0.2) is 58.5 Å². The molecule has 4 rings (SSSR count). The first-order chi connectivity index (χ1) is 13.1. The topological polar surface area (TPSA) is 75.9 Å². The molecule has 136 valence electrons. The third-order valence-electron chi connectivity index (χ3n) is 4.13. The number of thioether (sulfide) groups is 1. The smallest absolute Gasteiger partial charge is 0.274 e. The Morgan fingerprint density at radius 1 is 1.11 bits per heavy atom. The highest BCUT2D eigenvalue weighted by Crippen LogP contribution is 2.25. The summed E-state index contributed by atoms with van der Waals surface area (Å²) in [6, 6.07) is 15.7. The molecule has 2 heterocycles. The summed E-state index contributed by atoms with van der Waals surface area (Å²) in [6.07, 6.45) is 0.443. The van der Waals surface area contributed by atoms with Crippen LogP contribution >= 0.6 is 23.4 Å². The number of hydrogen-bond donors (Lipinski definition) is 1. The lowest BCUT2D eigenvalue weighted by molar-refractivity contribution is 0.756. The summed E-state index contributed by atoms with van der Waals surface area (Å²) in [5.74, 6) is 0.962. The van der Waals surface area contributed by atoms with Gasteiger partial charge in [-0.25, -0.2) is 0 Å². The van der Waals surface area contributed by atoms with Gasteiger partial charge in [-0.05, 0) is 24.1 Å². The fourth-order valence-corrected chi connectivity index (χ4v) is 3.80. The highest BCUT2D eigenvalue weighted by molar-refractivity contribution is 7.98. The molecule has 0 saturated heterocycles. The molecule has 2 aromatic carbocycles. The molecule has 27 heavy (non-hydrogen) atoms. The molecule has 0 radical (unpaired) electrons. The number of rotatable bonds is 5. The molecule has 0 atom stereocenters. The molecule has 8 heteroatoms. The summed E-state index contributed by atoms with van der Waals surface area (Å²) < 4.78 is 1.58. The Balaban J connectivity index is 1.62. The van der Waals surface area contributed by atoms with Crippen molar-refractivity contribution < 1.29 is 0 Å². The van der Waals surface area contributed by atoms with Crippen molar-refractivity contribution in [2.24, 2.45) is 0 Å². The van der Waals surface area contributed by atoms with Crippen molar-refractivity contribution in [3.63, 3.8) is 0 Å². The molecule has 0 aliphatic carbocycles. The maximum Gasteiger partial charge on any atom is 0.274 e. The van der Waals surface area contributed by atoms with Gasteiger partial charge in [0.2, 0.25) is 5.16 Å². The number of fused-ring (bicyclic) bond motifs is 1. The molecule has 0 fully saturated rings. The SMILES string of the molecule is Cc1ccc(Cc2nn3c(SCc4ccccc4Cl)nnc3[nH]c2=O)cc1. The van der Waals surface area contributed by atoms with E-state index < -0.39 is 0 Å². The summed E-state index contributed by atoms with van der Waals surface area (Å²) >= 11 is 7.68. The molecule has 0 unspecified atom stereocenters. The van der Waals surface area contributed by atoms with Crippen LogP contribution in [0.5, 0.6) is 0 Å². The molecule has 1 N–H and O–H groups in total. The van der Waals surface area contributed by atoms with Crippen molar-refractivity contribution in [3.05, 3.63) is 86.3 Å². The van der Waals surface area contributed by atoms with Crippen LogP contribution in [0.1, 0.15) is 22.4 Å². The van der Waals surface area contributed by atoms with Crippen LogP contribution in [-0.2, 0) is 12.2 Å². The van der Waals surface area contributed by atoms with Crippen molar-refractivity contribution >= 4 is 29.1 Å². The molecule has 6 nitrogen and oxygen atoms in total. The first-order valence-corrected chi connectivity index (χ1v) is 9.73. The third kappa shape index (κ3) is 3.89. The number of halogens is 1. The Morgan fingerprint density at radius 2 is 1.89 bits per heavy atom. The minimum absolute atomic E-state index is 0.252. The number of aromatic amines is 1. The lowest BCUT2D eigenvalue weighted by Gasteiger charge is -2.04. The molecule has 2 aromatic heterocycles. The van der Waals surface area contributed by atoms with E-state index in [9.17, 15) is 4.79 Å². The Kier molecular flexibility index (Phi) is 4.96. The highest BCUT2D eigenvalue weighted by Gasteiger charge is 2.13. The average molecular weight is 398 g/mol. The molecule has 0 spiro atoms. The van der Waals surface area contributed by atoms with Gasteiger partial charge < -0.3 is 0 Å². The summed E-state index contributed by atoms with van der Waals surface area (Å²) in [4.78, 5) is 15.1. The second-order valence-electron chi connectivity index (χ2n) is 6.16. The maximum absolute atomic E-state index is 12.3. The minimum Gasteiger partial charge on any atom is -0.288 e. The molecular weight excluding hydrogens is 382 g/mol.